The number of aromatic nitrogens is 2. The molecular formula is C37H36F4N4O7S. The molecule has 11 nitrogen and oxygen atoms in total. The van der Waals surface area contributed by atoms with Crippen LogP contribution in [0.4, 0.5) is 23.2 Å². The lowest BCUT2D eigenvalue weighted by molar-refractivity contribution is -0.125. The number of carbonyl (C=O) groups is 2. The molecule has 0 unspecified atom stereocenters. The van der Waals surface area contributed by atoms with Crippen molar-refractivity contribution in [3.05, 3.63) is 107 Å². The molecule has 0 spiro atoms. The third-order valence-corrected chi connectivity index (χ3v) is 11.4. The van der Waals surface area contributed by atoms with Gasteiger partial charge < -0.3 is 19.1 Å². The van der Waals surface area contributed by atoms with Crippen molar-refractivity contribution >= 4 is 27.6 Å². The number of rotatable bonds is 12. The minimum Gasteiger partial charge on any atom is -0.491 e. The normalized spacial score (nSPS) is 16.5. The van der Waals surface area contributed by atoms with Gasteiger partial charge in [-0.15, -0.1) is 0 Å². The molecule has 0 N–H and O–H groups in total. The van der Waals surface area contributed by atoms with Crippen LogP contribution in [0.5, 0.6) is 11.5 Å². The van der Waals surface area contributed by atoms with Crippen molar-refractivity contribution in [2.45, 2.75) is 68.5 Å². The van der Waals surface area contributed by atoms with Crippen molar-refractivity contribution in [1.29, 1.82) is 0 Å². The average Bonchev–Trinajstić information content (AvgIpc) is 3.15. The SMILES string of the molecule is COC(=O)c1ccc(N(Cc2cnc(C3CCCCC3)cn2)C(=O)[C@H]2CCN2S(=O)(=O)c2c(F)c(F)c(OC)c(F)c2F)cc1OCc1ccccc1. The van der Waals surface area contributed by atoms with Gasteiger partial charge >= 0.3 is 5.97 Å². The quantitative estimate of drug-likeness (QED) is 0.0911. The van der Waals surface area contributed by atoms with Gasteiger partial charge in [0.1, 0.15) is 24.0 Å². The summed E-state index contributed by atoms with van der Waals surface area (Å²) in [6, 6.07) is 11.7. The van der Waals surface area contributed by atoms with Gasteiger partial charge in [-0.2, -0.15) is 13.1 Å². The predicted molar refractivity (Wildman–Crippen MR) is 183 cm³/mol. The molecule has 16 heteroatoms. The van der Waals surface area contributed by atoms with Crippen molar-refractivity contribution in [3.63, 3.8) is 0 Å². The number of carbonyl (C=O) groups excluding carboxylic acids is 2. The second-order valence-corrected chi connectivity index (χ2v) is 14.5. The Morgan fingerprint density at radius 2 is 1.58 bits per heavy atom. The van der Waals surface area contributed by atoms with E-state index in [9.17, 15) is 26.8 Å². The molecule has 1 saturated heterocycles. The molecule has 1 amide bonds. The summed E-state index contributed by atoms with van der Waals surface area (Å²) in [5.74, 6) is -11.2. The van der Waals surface area contributed by atoms with Crippen molar-refractivity contribution in [2.75, 3.05) is 25.7 Å². The number of anilines is 1. The molecule has 1 aromatic heterocycles. The summed E-state index contributed by atoms with van der Waals surface area (Å²) in [4.78, 5) is 35.5. The Morgan fingerprint density at radius 3 is 2.17 bits per heavy atom. The molecule has 280 valence electrons. The summed E-state index contributed by atoms with van der Waals surface area (Å²) in [6.45, 7) is -0.591. The number of ether oxygens (including phenoxy) is 3. The Balaban J connectivity index is 1.37. The van der Waals surface area contributed by atoms with Crippen LogP contribution in [0.25, 0.3) is 0 Å². The lowest BCUT2D eigenvalue weighted by Crippen LogP contribution is -2.59. The summed E-state index contributed by atoms with van der Waals surface area (Å²) in [7, 11) is -3.36. The average molecular weight is 757 g/mol. The predicted octanol–water partition coefficient (Wildman–Crippen LogP) is 6.45. The first kappa shape index (κ1) is 37.7. The fraction of sp³-hybridized carbons (Fsp3) is 0.351. The number of methoxy groups -OCH3 is 2. The van der Waals surface area contributed by atoms with E-state index < -0.39 is 61.9 Å². The first-order valence-electron chi connectivity index (χ1n) is 16.9. The van der Waals surface area contributed by atoms with Crippen molar-refractivity contribution in [1.82, 2.24) is 14.3 Å². The molecule has 1 saturated carbocycles. The van der Waals surface area contributed by atoms with Crippen molar-refractivity contribution < 1.29 is 49.8 Å². The van der Waals surface area contributed by atoms with Gasteiger partial charge in [-0.05, 0) is 37.0 Å². The summed E-state index contributed by atoms with van der Waals surface area (Å²) >= 11 is 0. The van der Waals surface area contributed by atoms with E-state index in [1.54, 1.807) is 6.20 Å². The van der Waals surface area contributed by atoms with E-state index in [-0.39, 0.29) is 49.0 Å². The number of hydrogen-bond donors (Lipinski definition) is 0. The smallest absolute Gasteiger partial charge is 0.341 e. The lowest BCUT2D eigenvalue weighted by atomic mass is 9.87. The molecule has 6 rings (SSSR count). The zero-order chi connectivity index (χ0) is 37.9. The van der Waals surface area contributed by atoms with Gasteiger partial charge in [-0.3, -0.25) is 14.8 Å². The second kappa shape index (κ2) is 15.9. The van der Waals surface area contributed by atoms with Gasteiger partial charge in [-0.25, -0.2) is 22.0 Å². The third kappa shape index (κ3) is 7.55. The van der Waals surface area contributed by atoms with E-state index in [0.717, 1.165) is 50.5 Å². The molecule has 1 aliphatic carbocycles. The lowest BCUT2D eigenvalue weighted by Gasteiger charge is -2.41. The summed E-state index contributed by atoms with van der Waals surface area (Å²) in [6.07, 6.45) is 8.33. The molecule has 2 heterocycles. The fourth-order valence-corrected chi connectivity index (χ4v) is 8.26. The van der Waals surface area contributed by atoms with Crippen LogP contribution in [0, 0.1) is 23.3 Å². The molecule has 4 aromatic rings. The van der Waals surface area contributed by atoms with Gasteiger partial charge in [0.15, 0.2) is 22.3 Å². The first-order valence-corrected chi connectivity index (χ1v) is 18.3. The van der Waals surface area contributed by atoms with Crippen LogP contribution in [0.3, 0.4) is 0 Å². The highest BCUT2D eigenvalue weighted by atomic mass is 32.2. The van der Waals surface area contributed by atoms with Gasteiger partial charge in [-0.1, -0.05) is 49.6 Å². The van der Waals surface area contributed by atoms with Gasteiger partial charge in [0.25, 0.3) is 0 Å². The molecule has 0 radical (unpaired) electrons. The maximum atomic E-state index is 15.1. The van der Waals surface area contributed by atoms with Crippen molar-refractivity contribution in [2.24, 2.45) is 0 Å². The highest BCUT2D eigenvalue weighted by Gasteiger charge is 2.48. The maximum Gasteiger partial charge on any atom is 0.341 e. The fourth-order valence-electron chi connectivity index (χ4n) is 6.52. The van der Waals surface area contributed by atoms with Crippen LogP contribution in [0.2, 0.25) is 0 Å². The third-order valence-electron chi connectivity index (χ3n) is 9.46. The molecule has 0 bridgehead atoms. The number of halogens is 4. The minimum absolute atomic E-state index is 0.0388. The molecule has 53 heavy (non-hydrogen) atoms. The number of amides is 1. The Kier molecular flexibility index (Phi) is 11.3. The van der Waals surface area contributed by atoms with Gasteiger partial charge in [0.05, 0.1) is 38.3 Å². The minimum atomic E-state index is -5.32. The number of esters is 1. The molecule has 1 atom stereocenters. The van der Waals surface area contributed by atoms with Crippen LogP contribution in [-0.4, -0.2) is 61.4 Å². The van der Waals surface area contributed by atoms with Crippen LogP contribution in [0.15, 0.2) is 65.8 Å². The zero-order valence-corrected chi connectivity index (χ0v) is 29.7. The maximum absolute atomic E-state index is 15.1. The van der Waals surface area contributed by atoms with Gasteiger partial charge in [0.2, 0.25) is 27.6 Å². The molecular weight excluding hydrogens is 720 g/mol. The summed E-state index contributed by atoms with van der Waals surface area (Å²) in [5, 5.41) is 0. The monoisotopic (exact) mass is 756 g/mol. The van der Waals surface area contributed by atoms with Crippen LogP contribution in [-0.2, 0) is 32.7 Å². The Hall–Kier alpha value is -5.09. The van der Waals surface area contributed by atoms with E-state index in [1.165, 1.54) is 36.4 Å². The Morgan fingerprint density at radius 1 is 0.887 bits per heavy atom. The van der Waals surface area contributed by atoms with Gasteiger partial charge in [0, 0.05) is 30.4 Å². The van der Waals surface area contributed by atoms with E-state index >= 15 is 8.78 Å². The number of sulfonamides is 1. The van der Waals surface area contributed by atoms with Crippen molar-refractivity contribution in [3.8, 4) is 11.5 Å². The molecule has 3 aromatic carbocycles. The Labute approximate surface area is 303 Å². The number of hydrogen-bond acceptors (Lipinski definition) is 9. The topological polar surface area (TPSA) is 128 Å². The molecule has 1 aliphatic heterocycles. The van der Waals surface area contributed by atoms with E-state index in [2.05, 4.69) is 14.7 Å². The van der Waals surface area contributed by atoms with Crippen LogP contribution < -0.4 is 14.4 Å². The molecule has 2 aliphatic rings. The standard InChI is InChI=1S/C37H36F4N4O7S/c1-50-34-30(38)32(40)35(33(41)31(34)39)53(48,49)45-16-15-28(45)36(46)44(20-24-18-43-27(19-42-24)23-11-7-4-8-12-23)25-13-14-26(37(47)51-2)29(17-25)52-21-22-9-5-3-6-10-22/h3,5-6,9-10,13-14,17-19,23,28H,4,7-8,11-12,15-16,20-21H2,1-2H3/t28-/m1/s1. The van der Waals surface area contributed by atoms with E-state index in [1.807, 2.05) is 30.3 Å². The van der Waals surface area contributed by atoms with Crippen LogP contribution >= 0.6 is 0 Å². The highest BCUT2D eigenvalue weighted by molar-refractivity contribution is 7.89. The highest BCUT2D eigenvalue weighted by Crippen LogP contribution is 2.38. The van der Waals surface area contributed by atoms with E-state index in [0.29, 0.717) is 10.00 Å². The first-order chi connectivity index (χ1) is 25.5. The summed E-state index contributed by atoms with van der Waals surface area (Å²) in [5.41, 5.74) is 2.10. The van der Waals surface area contributed by atoms with E-state index in [4.69, 9.17) is 9.47 Å². The number of benzene rings is 3. The Bertz CT molecular complexity index is 2070. The van der Waals surface area contributed by atoms with Crippen LogP contribution in [0.1, 0.15) is 71.8 Å². The molecule has 2 fully saturated rings. The second-order valence-electron chi connectivity index (χ2n) is 12.7. The number of nitrogens with zero attached hydrogens (tertiary/aromatic N) is 4. The summed E-state index contributed by atoms with van der Waals surface area (Å²) < 4.78 is 102. The largest absolute Gasteiger partial charge is 0.491 e. The zero-order valence-electron chi connectivity index (χ0n) is 28.9.